The van der Waals surface area contributed by atoms with Crippen molar-refractivity contribution in [1.29, 1.82) is 0 Å². The van der Waals surface area contributed by atoms with Gasteiger partial charge in [-0.05, 0) is 50.8 Å². The van der Waals surface area contributed by atoms with Crippen molar-refractivity contribution in [1.82, 2.24) is 4.98 Å². The number of ketones is 1. The molecular weight excluding hydrogens is 334 g/mol. The summed E-state index contributed by atoms with van der Waals surface area (Å²) < 4.78 is 23.4. The van der Waals surface area contributed by atoms with Gasteiger partial charge in [0.05, 0.1) is 16.5 Å². The number of sulfone groups is 1. The first-order valence-electron chi connectivity index (χ1n) is 8.96. The van der Waals surface area contributed by atoms with E-state index in [1.165, 1.54) is 0 Å². The van der Waals surface area contributed by atoms with E-state index >= 15 is 0 Å². The van der Waals surface area contributed by atoms with Gasteiger partial charge in [-0.2, -0.15) is 0 Å². The van der Waals surface area contributed by atoms with Crippen molar-refractivity contribution in [2.75, 3.05) is 5.75 Å². The fourth-order valence-corrected chi connectivity index (χ4v) is 3.89. The minimum Gasteiger partial charge on any atom is -0.300 e. The van der Waals surface area contributed by atoms with Crippen molar-refractivity contribution < 1.29 is 13.2 Å². The maximum absolute atomic E-state index is 12.1. The van der Waals surface area contributed by atoms with E-state index in [9.17, 15) is 13.2 Å². The lowest BCUT2D eigenvalue weighted by Crippen LogP contribution is -2.17. The number of benzene rings is 1. The second kappa shape index (κ2) is 9.09. The maximum Gasteiger partial charge on any atom is 0.152 e. The quantitative estimate of drug-likeness (QED) is 0.597. The third-order valence-corrected chi connectivity index (χ3v) is 6.81. The highest BCUT2D eigenvalue weighted by Crippen LogP contribution is 2.18. The van der Waals surface area contributed by atoms with Crippen molar-refractivity contribution in [3.05, 3.63) is 42.1 Å². The molecule has 0 N–H and O–H groups in total. The van der Waals surface area contributed by atoms with Crippen LogP contribution in [0, 0.1) is 0 Å². The third kappa shape index (κ3) is 5.92. The molecule has 0 saturated carbocycles. The average molecular weight is 362 g/mol. The molecule has 0 spiro atoms. The Bertz CT molecular complexity index is 807. The maximum atomic E-state index is 12.1. The first-order chi connectivity index (χ1) is 11.9. The summed E-state index contributed by atoms with van der Waals surface area (Å²) >= 11 is 0. The topological polar surface area (TPSA) is 64.1 Å². The molecule has 5 heteroatoms. The average Bonchev–Trinajstić information content (AvgIpc) is 2.59. The Morgan fingerprint density at radius 3 is 2.56 bits per heavy atom. The summed E-state index contributed by atoms with van der Waals surface area (Å²) in [5.41, 5.74) is 2.11. The van der Waals surface area contributed by atoms with Crippen LogP contribution in [0.15, 0.2) is 36.5 Å². The molecule has 0 unspecified atom stereocenters. The highest BCUT2D eigenvalue weighted by Gasteiger charge is 2.15. The zero-order valence-electron chi connectivity index (χ0n) is 15.1. The van der Waals surface area contributed by atoms with Gasteiger partial charge in [-0.15, -0.1) is 0 Å². The van der Waals surface area contributed by atoms with Crippen molar-refractivity contribution in [2.24, 2.45) is 0 Å². The van der Waals surface area contributed by atoms with Gasteiger partial charge in [-0.1, -0.05) is 24.6 Å². The minimum absolute atomic E-state index is 0.224. The van der Waals surface area contributed by atoms with Gasteiger partial charge in [-0.3, -0.25) is 9.78 Å². The van der Waals surface area contributed by atoms with Crippen LogP contribution in [0.1, 0.15) is 51.5 Å². The molecule has 4 nitrogen and oxygen atoms in total. The lowest BCUT2D eigenvalue weighted by Gasteiger charge is -2.07. The number of nitrogens with zero attached hydrogens (tertiary/aromatic N) is 1. The Balaban J connectivity index is 1.72. The van der Waals surface area contributed by atoms with Gasteiger partial charge in [0.2, 0.25) is 0 Å². The Kier molecular flexibility index (Phi) is 7.12. The molecule has 0 aliphatic carbocycles. The molecule has 0 fully saturated rings. The van der Waals surface area contributed by atoms with E-state index in [0.29, 0.717) is 19.3 Å². The van der Waals surface area contributed by atoms with Crippen molar-refractivity contribution in [3.63, 3.8) is 0 Å². The van der Waals surface area contributed by atoms with E-state index in [4.69, 9.17) is 0 Å². The molecule has 1 aromatic heterocycles. The molecule has 0 aliphatic rings. The summed E-state index contributed by atoms with van der Waals surface area (Å²) in [5, 5.41) is 0.793. The molecule has 0 aliphatic heterocycles. The van der Waals surface area contributed by atoms with Gasteiger partial charge in [0.15, 0.2) is 9.84 Å². The monoisotopic (exact) mass is 361 g/mol. The van der Waals surface area contributed by atoms with Gasteiger partial charge < -0.3 is 0 Å². The molecule has 1 heterocycles. The van der Waals surface area contributed by atoms with E-state index in [-0.39, 0.29) is 16.8 Å². The van der Waals surface area contributed by atoms with Gasteiger partial charge in [-0.25, -0.2) is 8.42 Å². The molecule has 0 amide bonds. The van der Waals surface area contributed by atoms with Gasteiger partial charge in [0.25, 0.3) is 0 Å². The Labute approximate surface area is 150 Å². The highest BCUT2D eigenvalue weighted by molar-refractivity contribution is 7.91. The van der Waals surface area contributed by atoms with Crippen LogP contribution in [0.5, 0.6) is 0 Å². The van der Waals surface area contributed by atoms with E-state index in [2.05, 4.69) is 4.98 Å². The number of carbonyl (C=O) groups is 1. The van der Waals surface area contributed by atoms with E-state index in [0.717, 1.165) is 35.7 Å². The van der Waals surface area contributed by atoms with Gasteiger partial charge in [0, 0.05) is 24.4 Å². The molecule has 25 heavy (non-hydrogen) atoms. The van der Waals surface area contributed by atoms with Crippen LogP contribution in [0.25, 0.3) is 10.9 Å². The SMILES string of the molecule is CC(C)S(=O)(=O)CCCCCC(=O)CCc1ccnc2ccccc12. The molecule has 0 radical (unpaired) electrons. The second-order valence-electron chi connectivity index (χ2n) is 6.75. The molecule has 0 atom stereocenters. The van der Waals surface area contributed by atoms with Crippen LogP contribution in [0.2, 0.25) is 0 Å². The number of fused-ring (bicyclic) bond motifs is 1. The van der Waals surface area contributed by atoms with Crippen LogP contribution in [-0.2, 0) is 21.1 Å². The number of carbonyl (C=O) groups excluding carboxylic acids is 1. The fraction of sp³-hybridized carbons (Fsp3) is 0.500. The minimum atomic E-state index is -2.96. The Morgan fingerprint density at radius 2 is 1.80 bits per heavy atom. The Hall–Kier alpha value is -1.75. The number of aryl methyl sites for hydroxylation is 1. The predicted octanol–water partition coefficient (Wildman–Crippen LogP) is 4.12. The van der Waals surface area contributed by atoms with Gasteiger partial charge in [0.1, 0.15) is 5.78 Å². The first-order valence-corrected chi connectivity index (χ1v) is 10.7. The molecule has 0 saturated heterocycles. The molecule has 1 aromatic carbocycles. The van der Waals surface area contributed by atoms with E-state index < -0.39 is 9.84 Å². The van der Waals surface area contributed by atoms with Crippen LogP contribution in [0.4, 0.5) is 0 Å². The normalized spacial score (nSPS) is 12.0. The largest absolute Gasteiger partial charge is 0.300 e. The summed E-state index contributed by atoms with van der Waals surface area (Å²) in [6, 6.07) is 9.94. The lowest BCUT2D eigenvalue weighted by atomic mass is 10.0. The highest BCUT2D eigenvalue weighted by atomic mass is 32.2. The van der Waals surface area contributed by atoms with Gasteiger partial charge >= 0.3 is 0 Å². The second-order valence-corrected chi connectivity index (χ2v) is 9.43. The summed E-state index contributed by atoms with van der Waals surface area (Å²) in [4.78, 5) is 16.4. The number of rotatable bonds is 10. The zero-order chi connectivity index (χ0) is 18.3. The molecule has 2 rings (SSSR count). The molecule has 136 valence electrons. The number of hydrogen-bond donors (Lipinski definition) is 0. The van der Waals surface area contributed by atoms with Crippen LogP contribution >= 0.6 is 0 Å². The standard InChI is InChI=1S/C20H27NO3S/c1-16(2)25(23,24)15-7-3-4-8-18(22)12-11-17-13-14-21-20-10-6-5-9-19(17)20/h5-6,9-10,13-14,16H,3-4,7-8,11-12,15H2,1-2H3. The Morgan fingerprint density at radius 1 is 1.04 bits per heavy atom. The van der Waals surface area contributed by atoms with E-state index in [1.807, 2.05) is 30.3 Å². The number of hydrogen-bond acceptors (Lipinski definition) is 4. The molecule has 2 aromatic rings. The number of para-hydroxylation sites is 1. The number of Topliss-reactive ketones (excluding diaryl/α,β-unsaturated/α-hetero) is 1. The summed E-state index contributed by atoms with van der Waals surface area (Å²) in [5.74, 6) is 0.467. The van der Waals surface area contributed by atoms with Crippen LogP contribution in [0.3, 0.4) is 0 Å². The fourth-order valence-electron chi connectivity index (χ4n) is 2.81. The van der Waals surface area contributed by atoms with Crippen molar-refractivity contribution in [2.45, 2.75) is 57.6 Å². The van der Waals surface area contributed by atoms with Crippen molar-refractivity contribution >= 4 is 26.5 Å². The molecular formula is C20H27NO3S. The smallest absolute Gasteiger partial charge is 0.152 e. The number of unbranched alkanes of at least 4 members (excludes halogenated alkanes) is 2. The zero-order valence-corrected chi connectivity index (χ0v) is 15.9. The first kappa shape index (κ1) is 19.6. The summed E-state index contributed by atoms with van der Waals surface area (Å²) in [7, 11) is -2.96. The predicted molar refractivity (Wildman–Crippen MR) is 102 cm³/mol. The number of pyridine rings is 1. The number of aromatic nitrogens is 1. The third-order valence-electron chi connectivity index (χ3n) is 4.52. The summed E-state index contributed by atoms with van der Waals surface area (Å²) in [6.45, 7) is 3.42. The molecule has 0 bridgehead atoms. The van der Waals surface area contributed by atoms with Crippen LogP contribution in [-0.4, -0.2) is 30.2 Å². The van der Waals surface area contributed by atoms with E-state index in [1.54, 1.807) is 20.0 Å². The van der Waals surface area contributed by atoms with Crippen molar-refractivity contribution in [3.8, 4) is 0 Å². The summed E-state index contributed by atoms with van der Waals surface area (Å²) in [6.07, 6.45) is 5.77. The lowest BCUT2D eigenvalue weighted by molar-refractivity contribution is -0.119. The van der Waals surface area contributed by atoms with Crippen LogP contribution < -0.4 is 0 Å².